The fourth-order valence-corrected chi connectivity index (χ4v) is 2.09. The van der Waals surface area contributed by atoms with Crippen molar-refractivity contribution < 1.29 is 19.0 Å². The monoisotopic (exact) mass is 251 g/mol. The molecule has 1 aromatic heterocycles. The SMILES string of the molecule is COC(=O)Cc1c(C)n(C)c2cc(F)c(O)cc12. The second-order valence-electron chi connectivity index (χ2n) is 4.20. The lowest BCUT2D eigenvalue weighted by atomic mass is 10.1. The van der Waals surface area contributed by atoms with Crippen LogP contribution in [-0.2, 0) is 23.0 Å². The lowest BCUT2D eigenvalue weighted by molar-refractivity contribution is -0.139. The van der Waals surface area contributed by atoms with Gasteiger partial charge in [-0.15, -0.1) is 0 Å². The zero-order valence-corrected chi connectivity index (χ0v) is 10.5. The summed E-state index contributed by atoms with van der Waals surface area (Å²) in [7, 11) is 3.11. The van der Waals surface area contributed by atoms with E-state index >= 15 is 0 Å². The molecular formula is C13H14FNO3. The number of phenols is 1. The first kappa shape index (κ1) is 12.4. The number of halogens is 1. The van der Waals surface area contributed by atoms with Gasteiger partial charge >= 0.3 is 5.97 Å². The Kier molecular flexibility index (Phi) is 2.98. The minimum Gasteiger partial charge on any atom is -0.505 e. The molecule has 2 rings (SSSR count). The van der Waals surface area contributed by atoms with Gasteiger partial charge in [0.05, 0.1) is 19.0 Å². The first-order valence-electron chi connectivity index (χ1n) is 5.49. The number of aromatic nitrogens is 1. The van der Waals surface area contributed by atoms with Gasteiger partial charge in [0.25, 0.3) is 0 Å². The molecule has 1 heterocycles. The highest BCUT2D eigenvalue weighted by Gasteiger charge is 2.17. The third kappa shape index (κ3) is 1.81. The van der Waals surface area contributed by atoms with E-state index in [0.29, 0.717) is 10.9 Å². The van der Waals surface area contributed by atoms with E-state index in [1.807, 2.05) is 6.92 Å². The van der Waals surface area contributed by atoms with Crippen LogP contribution in [0.25, 0.3) is 10.9 Å². The number of carbonyl (C=O) groups excluding carboxylic acids is 1. The molecule has 1 aromatic carbocycles. The van der Waals surface area contributed by atoms with E-state index in [4.69, 9.17) is 0 Å². The van der Waals surface area contributed by atoms with Gasteiger partial charge in [-0.25, -0.2) is 4.39 Å². The van der Waals surface area contributed by atoms with Crippen LogP contribution in [0.5, 0.6) is 5.75 Å². The van der Waals surface area contributed by atoms with E-state index in [0.717, 1.165) is 11.3 Å². The fourth-order valence-electron chi connectivity index (χ4n) is 2.09. The van der Waals surface area contributed by atoms with Crippen molar-refractivity contribution in [3.05, 3.63) is 29.2 Å². The summed E-state index contributed by atoms with van der Waals surface area (Å²) >= 11 is 0. The number of esters is 1. The molecule has 96 valence electrons. The number of methoxy groups -OCH3 is 1. The van der Waals surface area contributed by atoms with E-state index in [-0.39, 0.29) is 12.4 Å². The smallest absolute Gasteiger partial charge is 0.310 e. The molecule has 0 atom stereocenters. The highest BCUT2D eigenvalue weighted by molar-refractivity contribution is 5.90. The van der Waals surface area contributed by atoms with Crippen molar-refractivity contribution in [2.75, 3.05) is 7.11 Å². The minimum atomic E-state index is -0.673. The number of aromatic hydroxyl groups is 1. The van der Waals surface area contributed by atoms with Crippen molar-refractivity contribution in [2.24, 2.45) is 7.05 Å². The Labute approximate surface area is 104 Å². The van der Waals surface area contributed by atoms with Crippen LogP contribution >= 0.6 is 0 Å². The van der Waals surface area contributed by atoms with Crippen LogP contribution in [0, 0.1) is 12.7 Å². The van der Waals surface area contributed by atoms with Crippen molar-refractivity contribution >= 4 is 16.9 Å². The number of carbonyl (C=O) groups is 1. The molecule has 0 unspecified atom stereocenters. The third-order valence-corrected chi connectivity index (χ3v) is 3.24. The molecule has 0 aliphatic carbocycles. The fraction of sp³-hybridized carbons (Fsp3) is 0.308. The summed E-state index contributed by atoms with van der Waals surface area (Å²) in [4.78, 5) is 11.4. The number of fused-ring (bicyclic) bond motifs is 1. The number of benzene rings is 1. The standard InChI is InChI=1S/C13H14FNO3/c1-7-8(5-13(17)18-3)9-4-12(16)10(14)6-11(9)15(7)2/h4,6,16H,5H2,1-3H3. The molecule has 0 amide bonds. The number of rotatable bonds is 2. The summed E-state index contributed by atoms with van der Waals surface area (Å²) in [6.07, 6.45) is 0.102. The average molecular weight is 251 g/mol. The largest absolute Gasteiger partial charge is 0.505 e. The summed E-state index contributed by atoms with van der Waals surface area (Å²) in [5.41, 5.74) is 2.23. The highest BCUT2D eigenvalue weighted by atomic mass is 19.1. The number of nitrogens with zero attached hydrogens (tertiary/aromatic N) is 1. The molecule has 18 heavy (non-hydrogen) atoms. The van der Waals surface area contributed by atoms with Gasteiger partial charge in [-0.05, 0) is 18.6 Å². The first-order valence-corrected chi connectivity index (χ1v) is 5.49. The molecule has 1 N–H and O–H groups in total. The van der Waals surface area contributed by atoms with Gasteiger partial charge in [0, 0.05) is 24.2 Å². The van der Waals surface area contributed by atoms with Gasteiger partial charge < -0.3 is 14.4 Å². The summed E-state index contributed by atoms with van der Waals surface area (Å²) in [5, 5.41) is 10.1. The number of phenolic OH excluding ortho intramolecular Hbond substituents is 1. The lowest BCUT2D eigenvalue weighted by Crippen LogP contribution is -2.05. The molecule has 4 nitrogen and oxygen atoms in total. The maximum atomic E-state index is 13.3. The second-order valence-corrected chi connectivity index (χ2v) is 4.20. The summed E-state index contributed by atoms with van der Waals surface area (Å²) in [5.74, 6) is -1.46. The lowest BCUT2D eigenvalue weighted by Gasteiger charge is -2.01. The molecule has 0 saturated heterocycles. The van der Waals surface area contributed by atoms with Gasteiger partial charge in [-0.2, -0.15) is 0 Å². The Morgan fingerprint density at radius 1 is 1.50 bits per heavy atom. The van der Waals surface area contributed by atoms with Gasteiger partial charge in [0.1, 0.15) is 0 Å². The molecular weight excluding hydrogens is 237 g/mol. The van der Waals surface area contributed by atoms with Gasteiger partial charge in [0.2, 0.25) is 0 Å². The van der Waals surface area contributed by atoms with Gasteiger partial charge in [0.15, 0.2) is 11.6 Å². The zero-order chi connectivity index (χ0) is 13.4. The van der Waals surface area contributed by atoms with Crippen molar-refractivity contribution in [3.8, 4) is 5.75 Å². The average Bonchev–Trinajstić information content (AvgIpc) is 2.56. The van der Waals surface area contributed by atoms with Crippen LogP contribution < -0.4 is 0 Å². The predicted octanol–water partition coefficient (Wildman–Crippen LogP) is 2.05. The van der Waals surface area contributed by atoms with E-state index in [1.165, 1.54) is 19.2 Å². The quantitative estimate of drug-likeness (QED) is 0.831. The van der Waals surface area contributed by atoms with Crippen molar-refractivity contribution in [2.45, 2.75) is 13.3 Å². The Hall–Kier alpha value is -2.04. The van der Waals surface area contributed by atoms with Crippen LogP contribution in [0.1, 0.15) is 11.3 Å². The molecule has 0 fully saturated rings. The normalized spacial score (nSPS) is 10.9. The Balaban J connectivity index is 2.69. The summed E-state index contributed by atoms with van der Waals surface area (Å²) in [6, 6.07) is 2.61. The molecule has 0 saturated carbocycles. The number of aryl methyl sites for hydroxylation is 1. The van der Waals surface area contributed by atoms with E-state index < -0.39 is 11.6 Å². The maximum absolute atomic E-state index is 13.3. The Morgan fingerprint density at radius 2 is 2.17 bits per heavy atom. The van der Waals surface area contributed by atoms with Crippen molar-refractivity contribution in [1.29, 1.82) is 0 Å². The Bertz CT molecular complexity index is 631. The highest BCUT2D eigenvalue weighted by Crippen LogP contribution is 2.30. The van der Waals surface area contributed by atoms with Crippen LogP contribution in [0.4, 0.5) is 4.39 Å². The van der Waals surface area contributed by atoms with E-state index in [2.05, 4.69) is 4.74 Å². The topological polar surface area (TPSA) is 51.5 Å². The molecule has 0 radical (unpaired) electrons. The summed E-state index contributed by atoms with van der Waals surface area (Å²) < 4.78 is 19.8. The van der Waals surface area contributed by atoms with Crippen LogP contribution in [0.15, 0.2) is 12.1 Å². The minimum absolute atomic E-state index is 0.102. The molecule has 5 heteroatoms. The number of hydrogen-bond donors (Lipinski definition) is 1. The molecule has 0 aliphatic heterocycles. The summed E-state index contributed by atoms with van der Waals surface area (Å²) in [6.45, 7) is 1.84. The number of ether oxygens (including phenoxy) is 1. The van der Waals surface area contributed by atoms with Crippen molar-refractivity contribution in [1.82, 2.24) is 4.57 Å². The van der Waals surface area contributed by atoms with Crippen LogP contribution in [0.2, 0.25) is 0 Å². The van der Waals surface area contributed by atoms with Crippen LogP contribution in [0.3, 0.4) is 0 Å². The van der Waals surface area contributed by atoms with Crippen LogP contribution in [-0.4, -0.2) is 22.8 Å². The van der Waals surface area contributed by atoms with Crippen molar-refractivity contribution in [3.63, 3.8) is 0 Å². The van der Waals surface area contributed by atoms with E-state index in [9.17, 15) is 14.3 Å². The van der Waals surface area contributed by atoms with E-state index in [1.54, 1.807) is 11.6 Å². The number of hydrogen-bond acceptors (Lipinski definition) is 3. The first-order chi connectivity index (χ1) is 8.45. The van der Waals surface area contributed by atoms with Gasteiger partial charge in [-0.3, -0.25) is 4.79 Å². The molecule has 0 aliphatic rings. The predicted molar refractivity (Wildman–Crippen MR) is 65.0 cm³/mol. The van der Waals surface area contributed by atoms with Gasteiger partial charge in [-0.1, -0.05) is 0 Å². The maximum Gasteiger partial charge on any atom is 0.310 e. The molecule has 2 aromatic rings. The Morgan fingerprint density at radius 3 is 2.78 bits per heavy atom. The zero-order valence-electron chi connectivity index (χ0n) is 10.5. The molecule has 0 spiro atoms. The second kappa shape index (κ2) is 4.33. The molecule has 0 bridgehead atoms. The third-order valence-electron chi connectivity index (χ3n) is 3.24.